The van der Waals surface area contributed by atoms with Crippen LogP contribution in [0.2, 0.25) is 5.02 Å². The van der Waals surface area contributed by atoms with Gasteiger partial charge in [-0.2, -0.15) is 0 Å². The molecule has 2 aromatic carbocycles. The molecule has 30 heavy (non-hydrogen) atoms. The summed E-state index contributed by atoms with van der Waals surface area (Å²) in [6.07, 6.45) is -5.66. The molecule has 0 saturated carbocycles. The first-order valence-corrected chi connectivity index (χ1v) is 9.55. The molecule has 1 aliphatic heterocycles. The van der Waals surface area contributed by atoms with E-state index in [2.05, 4.69) is 0 Å². The second-order valence-corrected chi connectivity index (χ2v) is 7.39. The summed E-state index contributed by atoms with van der Waals surface area (Å²) in [5.74, 6) is 0.203. The van der Waals surface area contributed by atoms with Gasteiger partial charge in [0.15, 0.2) is 5.43 Å². The summed E-state index contributed by atoms with van der Waals surface area (Å²) < 4.78 is 16.5. The molecule has 158 valence electrons. The Hall–Kier alpha value is -2.46. The third-order valence-corrected chi connectivity index (χ3v) is 5.25. The zero-order valence-corrected chi connectivity index (χ0v) is 16.3. The minimum Gasteiger partial charge on any atom is -0.463 e. The number of rotatable bonds is 4. The Bertz CT molecular complexity index is 1090. The predicted molar refractivity (Wildman–Crippen MR) is 107 cm³/mol. The number of fused-ring (bicyclic) bond motifs is 1. The van der Waals surface area contributed by atoms with Crippen molar-refractivity contribution in [1.82, 2.24) is 0 Å². The highest BCUT2D eigenvalue weighted by Gasteiger charge is 2.44. The van der Waals surface area contributed by atoms with E-state index < -0.39 is 37.3 Å². The molecule has 4 rings (SSSR count). The van der Waals surface area contributed by atoms with E-state index in [-0.39, 0.29) is 16.8 Å². The van der Waals surface area contributed by atoms with E-state index in [9.17, 15) is 25.2 Å². The van der Waals surface area contributed by atoms with Gasteiger partial charge in [0.05, 0.1) is 17.6 Å². The second-order valence-electron chi connectivity index (χ2n) is 6.96. The summed E-state index contributed by atoms with van der Waals surface area (Å²) in [7, 11) is 0. The zero-order valence-electron chi connectivity index (χ0n) is 15.5. The highest BCUT2D eigenvalue weighted by Crippen LogP contribution is 2.27. The predicted octanol–water partition coefficient (Wildman–Crippen LogP) is 1.29. The van der Waals surface area contributed by atoms with Crippen LogP contribution in [0.1, 0.15) is 0 Å². The van der Waals surface area contributed by atoms with Gasteiger partial charge in [-0.1, -0.05) is 23.7 Å². The summed E-state index contributed by atoms with van der Waals surface area (Å²) >= 11 is 5.89. The average molecular weight is 435 g/mol. The van der Waals surface area contributed by atoms with Crippen molar-refractivity contribution in [3.8, 4) is 16.9 Å². The maximum absolute atomic E-state index is 12.8. The van der Waals surface area contributed by atoms with Crippen molar-refractivity contribution in [3.63, 3.8) is 0 Å². The van der Waals surface area contributed by atoms with Crippen LogP contribution in [0, 0.1) is 0 Å². The number of aliphatic hydroxyl groups excluding tert-OH is 4. The molecular weight excluding hydrogens is 416 g/mol. The molecule has 0 bridgehead atoms. The van der Waals surface area contributed by atoms with Crippen LogP contribution < -0.4 is 10.2 Å². The summed E-state index contributed by atoms with van der Waals surface area (Å²) in [4.78, 5) is 12.8. The van der Waals surface area contributed by atoms with Crippen molar-refractivity contribution >= 4 is 22.6 Å². The molecular formula is C21H19ClO8. The normalized spacial score (nSPS) is 26.6. The summed E-state index contributed by atoms with van der Waals surface area (Å²) in [6, 6.07) is 11.3. The average Bonchev–Trinajstić information content (AvgIpc) is 2.75. The molecule has 1 saturated heterocycles. The molecule has 3 aromatic rings. The van der Waals surface area contributed by atoms with Crippen LogP contribution in [0.5, 0.6) is 5.75 Å². The Morgan fingerprint density at radius 1 is 1.00 bits per heavy atom. The van der Waals surface area contributed by atoms with Crippen molar-refractivity contribution < 1.29 is 34.3 Å². The molecule has 4 N–H and O–H groups in total. The molecule has 0 amide bonds. The summed E-state index contributed by atoms with van der Waals surface area (Å²) in [5, 5.41) is 40.0. The van der Waals surface area contributed by atoms with Crippen LogP contribution in [0.3, 0.4) is 0 Å². The lowest BCUT2D eigenvalue weighted by atomic mass is 9.99. The van der Waals surface area contributed by atoms with E-state index >= 15 is 0 Å². The van der Waals surface area contributed by atoms with Crippen LogP contribution in [-0.4, -0.2) is 57.7 Å². The molecule has 0 unspecified atom stereocenters. The number of aliphatic hydroxyl groups is 4. The largest absolute Gasteiger partial charge is 0.463 e. The van der Waals surface area contributed by atoms with Gasteiger partial charge in [0.1, 0.15) is 42.0 Å². The van der Waals surface area contributed by atoms with E-state index in [0.29, 0.717) is 21.5 Å². The number of ether oxygens (including phenoxy) is 2. The Labute approximate surface area is 175 Å². The standard InChI is InChI=1S/C21H19ClO8/c22-11-3-1-10(2-4-11)14-9-28-15-7-12(5-6-13(15)17(14)24)29-21-20(27)19(26)18(25)16(8-23)30-21/h1-7,9,16,18-21,23,25-27H,8H2/t16-,18+,19+,20-,21-/m0/s1. The molecule has 0 aliphatic carbocycles. The quantitative estimate of drug-likeness (QED) is 0.483. The molecule has 0 spiro atoms. The van der Waals surface area contributed by atoms with Gasteiger partial charge in [-0.3, -0.25) is 4.79 Å². The first-order valence-electron chi connectivity index (χ1n) is 9.17. The summed E-state index contributed by atoms with van der Waals surface area (Å²) in [5.41, 5.74) is 1.05. The van der Waals surface area contributed by atoms with Gasteiger partial charge in [0.25, 0.3) is 0 Å². The van der Waals surface area contributed by atoms with Gasteiger partial charge in [0.2, 0.25) is 6.29 Å². The molecule has 9 heteroatoms. The topological polar surface area (TPSA) is 130 Å². The molecule has 1 aromatic heterocycles. The molecule has 5 atom stereocenters. The first-order chi connectivity index (χ1) is 14.4. The molecule has 1 fully saturated rings. The van der Waals surface area contributed by atoms with Crippen molar-refractivity contribution in [3.05, 3.63) is 64.0 Å². The Balaban J connectivity index is 1.62. The fraction of sp³-hybridized carbons (Fsp3) is 0.286. The maximum atomic E-state index is 12.8. The third-order valence-electron chi connectivity index (χ3n) is 5.00. The molecule has 2 heterocycles. The molecule has 0 radical (unpaired) electrons. The van der Waals surface area contributed by atoms with E-state index in [1.165, 1.54) is 24.5 Å². The first kappa shape index (κ1) is 20.8. The number of hydrogen-bond donors (Lipinski definition) is 4. The van der Waals surface area contributed by atoms with Crippen LogP contribution in [0.15, 0.2) is 57.9 Å². The second kappa shape index (κ2) is 8.35. The lowest BCUT2D eigenvalue weighted by Crippen LogP contribution is -2.60. The Morgan fingerprint density at radius 2 is 1.73 bits per heavy atom. The number of benzene rings is 2. The Kier molecular flexibility index (Phi) is 5.79. The number of hydrogen-bond acceptors (Lipinski definition) is 8. The van der Waals surface area contributed by atoms with Gasteiger partial charge >= 0.3 is 0 Å². The lowest BCUT2D eigenvalue weighted by Gasteiger charge is -2.39. The van der Waals surface area contributed by atoms with E-state index in [4.69, 9.17) is 25.5 Å². The van der Waals surface area contributed by atoms with Crippen LogP contribution >= 0.6 is 11.6 Å². The smallest absolute Gasteiger partial charge is 0.229 e. The Morgan fingerprint density at radius 3 is 2.43 bits per heavy atom. The van der Waals surface area contributed by atoms with E-state index in [1.54, 1.807) is 24.3 Å². The molecule has 8 nitrogen and oxygen atoms in total. The number of halogens is 1. The van der Waals surface area contributed by atoms with Gasteiger partial charge in [-0.15, -0.1) is 0 Å². The highest BCUT2D eigenvalue weighted by atomic mass is 35.5. The maximum Gasteiger partial charge on any atom is 0.229 e. The van der Waals surface area contributed by atoms with Crippen LogP contribution in [-0.2, 0) is 4.74 Å². The lowest BCUT2D eigenvalue weighted by molar-refractivity contribution is -0.277. The minimum absolute atomic E-state index is 0.203. The monoisotopic (exact) mass is 434 g/mol. The zero-order chi connectivity index (χ0) is 21.4. The van der Waals surface area contributed by atoms with Crippen molar-refractivity contribution in [2.45, 2.75) is 30.7 Å². The van der Waals surface area contributed by atoms with Gasteiger partial charge in [-0.05, 0) is 29.8 Å². The van der Waals surface area contributed by atoms with Gasteiger partial charge in [0, 0.05) is 11.1 Å². The fourth-order valence-electron chi connectivity index (χ4n) is 3.31. The third kappa shape index (κ3) is 3.81. The molecule has 1 aliphatic rings. The highest BCUT2D eigenvalue weighted by molar-refractivity contribution is 6.30. The van der Waals surface area contributed by atoms with Crippen molar-refractivity contribution in [2.24, 2.45) is 0 Å². The van der Waals surface area contributed by atoms with Crippen LogP contribution in [0.25, 0.3) is 22.1 Å². The summed E-state index contributed by atoms with van der Waals surface area (Å²) in [6.45, 7) is -0.565. The van der Waals surface area contributed by atoms with Crippen molar-refractivity contribution in [1.29, 1.82) is 0 Å². The van der Waals surface area contributed by atoms with Crippen molar-refractivity contribution in [2.75, 3.05) is 6.61 Å². The fourth-order valence-corrected chi connectivity index (χ4v) is 3.44. The van der Waals surface area contributed by atoms with Crippen LogP contribution in [0.4, 0.5) is 0 Å². The van der Waals surface area contributed by atoms with Gasteiger partial charge < -0.3 is 34.3 Å². The minimum atomic E-state index is -1.55. The van der Waals surface area contributed by atoms with Gasteiger partial charge in [-0.25, -0.2) is 0 Å². The van der Waals surface area contributed by atoms with E-state index in [1.807, 2.05) is 0 Å². The van der Waals surface area contributed by atoms with E-state index in [0.717, 1.165) is 0 Å². The SMILES string of the molecule is O=c1c(-c2ccc(Cl)cc2)coc2cc(O[C@H]3O[C@@H](CO)[C@@H](O)[C@@H](O)[C@@H]3O)ccc12.